The first-order valence-corrected chi connectivity index (χ1v) is 30.5. The molecule has 3 aromatic heterocycles. The van der Waals surface area contributed by atoms with Crippen LogP contribution >= 0.6 is 0 Å². The number of urea groups is 3. The van der Waals surface area contributed by atoms with Gasteiger partial charge in [0, 0.05) is 19.6 Å². The van der Waals surface area contributed by atoms with Crippen molar-refractivity contribution in [2.24, 2.45) is 5.90 Å². The van der Waals surface area contributed by atoms with Gasteiger partial charge in [0.1, 0.15) is 37.9 Å². The van der Waals surface area contributed by atoms with E-state index in [-0.39, 0.29) is 84.5 Å². The van der Waals surface area contributed by atoms with Crippen molar-refractivity contribution >= 4 is 49.3 Å². The first-order valence-electron chi connectivity index (χ1n) is 26.5. The molecule has 6 bridgehead atoms. The average Bonchev–Trinajstić information content (AvgIpc) is 4.53. The summed E-state index contributed by atoms with van der Waals surface area (Å²) in [6, 6.07) is -5.22. The maximum atomic E-state index is 12.3. The van der Waals surface area contributed by atoms with Gasteiger partial charge in [0.2, 0.25) is 56.1 Å². The summed E-state index contributed by atoms with van der Waals surface area (Å²) in [7, 11) is -14.5. The van der Waals surface area contributed by atoms with Gasteiger partial charge in [-0.1, -0.05) is 53.4 Å². The van der Waals surface area contributed by atoms with Gasteiger partial charge in [0.05, 0.1) is 44.3 Å². The minimum absolute atomic E-state index is 0. The van der Waals surface area contributed by atoms with Crippen LogP contribution in [-0.4, -0.2) is 197 Å². The zero-order chi connectivity index (χ0) is 59.3. The Kier molecular flexibility index (Phi) is 25.6. The molecular weight excluding hydrogens is 1170 g/mol. The van der Waals surface area contributed by atoms with Gasteiger partial charge in [-0.05, 0) is 64.2 Å². The van der Waals surface area contributed by atoms with E-state index in [1.165, 1.54) is 96.7 Å². The second-order valence-corrected chi connectivity index (χ2v) is 22.9. The van der Waals surface area contributed by atoms with Crippen LogP contribution < -0.4 is 35.5 Å². The summed E-state index contributed by atoms with van der Waals surface area (Å²) in [4.78, 5) is 40.4. The van der Waals surface area contributed by atoms with Gasteiger partial charge in [-0.15, -0.1) is 34.9 Å². The molecule has 35 nitrogen and oxygen atoms in total. The maximum Gasteiger partial charge on any atom is 1.00 e. The van der Waals surface area contributed by atoms with Crippen LogP contribution in [0.25, 0.3) is 0 Å². The molecule has 9 heterocycles. The fraction of sp³-hybridized carbons (Fsp3) is 0.791. The van der Waals surface area contributed by atoms with Crippen LogP contribution in [0.1, 0.15) is 171 Å². The minimum Gasteiger partial charge on any atom is -0.724 e. The van der Waals surface area contributed by atoms with Crippen molar-refractivity contribution in [1.82, 2.24) is 60.5 Å². The Bertz CT molecular complexity index is 2740. The monoisotopic (exact) mass is 1240 g/mol. The summed E-state index contributed by atoms with van der Waals surface area (Å²) in [5.74, 6) is 5.14. The predicted molar refractivity (Wildman–Crippen MR) is 266 cm³/mol. The second kappa shape index (κ2) is 30.6. The molecule has 6 aliphatic rings. The number of fused-ring (bicyclic) bond motifs is 6. The molecule has 6 amide bonds. The molecule has 5 N–H and O–H groups in total. The number of carbonyl (C=O) groups is 3. The van der Waals surface area contributed by atoms with Crippen molar-refractivity contribution in [1.29, 1.82) is 0 Å². The molecule has 0 spiro atoms. The smallest absolute Gasteiger partial charge is 0.724 e. The van der Waals surface area contributed by atoms with Crippen molar-refractivity contribution in [2.45, 2.75) is 174 Å². The van der Waals surface area contributed by atoms with Gasteiger partial charge < -0.3 is 56.9 Å². The largest absolute Gasteiger partial charge is 1.00 e. The fourth-order valence-corrected chi connectivity index (χ4v) is 11.5. The minimum atomic E-state index is -5.02. The van der Waals surface area contributed by atoms with E-state index < -0.39 is 105 Å². The van der Waals surface area contributed by atoms with Crippen LogP contribution in [-0.2, 0) is 68.2 Å². The van der Waals surface area contributed by atoms with Crippen molar-refractivity contribution < 1.29 is 128 Å². The van der Waals surface area contributed by atoms with Gasteiger partial charge in [-0.2, -0.15) is 42.4 Å². The number of carbonyl (C=O) groups excluding carboxylic acids is 3. The number of piperidine rings is 3. The van der Waals surface area contributed by atoms with E-state index in [2.05, 4.69) is 81.3 Å². The first kappa shape index (κ1) is 68.4. The number of hydrogen-bond donors (Lipinski definition) is 4. The summed E-state index contributed by atoms with van der Waals surface area (Å²) < 4.78 is 120. The molecular formula is C43H71N14NaO21S3. The standard InChI is InChI=1S/C16H36N.C9H13N5O7S.2C9H12N4O7S.Na/c1-5-9-13-17(14-10-6-2,15-11-7-3)16-12-8-4;10-20-22(17,18)21-14-5-1-2-6(13(3-5)9(14)16)8-12-11-7(4-15)19-8;2*14-4-7-10-11-8(19-7)6-2-1-5-3-12(6)9(15)13(5)20-21(16,17)18;/h5-16H2,1-4H3;5-6,15H,1-4,10H2;2*5-6,14H,1-4H2,(H,16,17,18);/q+1;;;;+1/p-2/t;3*5-,6+;/m.111./s1. The molecule has 0 aromatic carbocycles. The number of rotatable bonds is 25. The number of aliphatic hydroxyl groups is 3. The van der Waals surface area contributed by atoms with Crippen LogP contribution in [0.2, 0.25) is 0 Å². The summed E-state index contributed by atoms with van der Waals surface area (Å²) in [6.07, 6.45) is 13.7. The first-order chi connectivity index (χ1) is 38.5. The van der Waals surface area contributed by atoms with E-state index in [4.69, 9.17) is 28.6 Å². The Morgan fingerprint density at radius 2 is 0.793 bits per heavy atom. The summed E-state index contributed by atoms with van der Waals surface area (Å²) >= 11 is 0. The molecule has 82 heavy (non-hydrogen) atoms. The van der Waals surface area contributed by atoms with Crippen molar-refractivity contribution in [3.63, 3.8) is 0 Å². The molecule has 6 atom stereocenters. The van der Waals surface area contributed by atoms with E-state index in [1.54, 1.807) is 0 Å². The van der Waals surface area contributed by atoms with Crippen molar-refractivity contribution in [3.05, 3.63) is 35.3 Å². The third kappa shape index (κ3) is 17.9. The molecule has 39 heteroatoms. The van der Waals surface area contributed by atoms with Gasteiger partial charge in [-0.25, -0.2) is 31.2 Å². The number of nitrogens with two attached hydrogens (primary N) is 1. The van der Waals surface area contributed by atoms with E-state index in [9.17, 15) is 48.7 Å². The third-order valence-electron chi connectivity index (χ3n) is 14.3. The van der Waals surface area contributed by atoms with Gasteiger partial charge in [0.15, 0.2) is 0 Å². The third-order valence-corrected chi connectivity index (χ3v) is 15.5. The Morgan fingerprint density at radius 3 is 1.02 bits per heavy atom. The SMILES string of the molecule is CCCC[N+](CCCC)(CCCC)CCCC.NOS(=O)(=O)ON1C(=O)N2C[C@H]1CC[C@H]2c1nnc(CO)o1.O=C1N2C[C@@H](CC[C@H]2c2nnc(CO)o2)N1OS(=O)(=O)[O-].O=C1N2C[C@@H](CC[C@H]2c2nnc(CO)o2)N1OS(=O)(=O)[O-].[Na+]. The quantitative estimate of drug-likeness (QED) is 0.0243. The average molecular weight is 1240 g/mol. The molecule has 0 saturated carbocycles. The number of nitrogens with zero attached hydrogens (tertiary/aromatic N) is 13. The number of quaternary nitrogens is 1. The number of unbranched alkanes of at least 4 members (excludes halogenated alkanes) is 4. The molecule has 0 radical (unpaired) electrons. The van der Waals surface area contributed by atoms with E-state index in [1.807, 2.05) is 0 Å². The molecule has 458 valence electrons. The molecule has 9 rings (SSSR count). The van der Waals surface area contributed by atoms with Crippen molar-refractivity contribution in [3.8, 4) is 0 Å². The Labute approximate surface area is 496 Å². The van der Waals surface area contributed by atoms with Gasteiger partial charge >= 0.3 is 58.0 Å². The molecule has 6 saturated heterocycles. The molecule has 6 aliphatic heterocycles. The Morgan fingerprint density at radius 1 is 0.512 bits per heavy atom. The zero-order valence-electron chi connectivity index (χ0n) is 46.2. The summed E-state index contributed by atoms with van der Waals surface area (Å²) in [6.45, 7) is 14.4. The van der Waals surface area contributed by atoms with Crippen LogP contribution in [0.3, 0.4) is 0 Å². The number of hydrogen-bond acceptors (Lipinski definition) is 28. The number of aliphatic hydroxyl groups excluding tert-OH is 3. The van der Waals surface area contributed by atoms with Crippen LogP contribution in [0.5, 0.6) is 0 Å². The number of hydroxylamine groups is 6. The summed E-state index contributed by atoms with van der Waals surface area (Å²) in [5, 5.41) is 50.7. The molecule has 6 fully saturated rings. The van der Waals surface area contributed by atoms with Crippen molar-refractivity contribution in [2.75, 3.05) is 45.8 Å². The molecule has 0 aliphatic carbocycles. The van der Waals surface area contributed by atoms with E-state index in [0.717, 1.165) is 0 Å². The van der Waals surface area contributed by atoms with Crippen LogP contribution in [0.15, 0.2) is 13.3 Å². The zero-order valence-corrected chi connectivity index (χ0v) is 50.7. The normalized spacial score (nSPS) is 22.4. The number of aromatic nitrogens is 6. The van der Waals surface area contributed by atoms with Crippen LogP contribution in [0.4, 0.5) is 14.4 Å². The van der Waals surface area contributed by atoms with Crippen LogP contribution in [0, 0.1) is 0 Å². The Hall–Kier alpha value is -4.36. The Balaban J connectivity index is 0.000000201. The molecule has 3 aromatic rings. The van der Waals surface area contributed by atoms with E-state index in [0.29, 0.717) is 53.7 Å². The van der Waals surface area contributed by atoms with Gasteiger partial charge in [-0.3, -0.25) is 0 Å². The fourth-order valence-electron chi connectivity index (χ4n) is 10.3. The van der Waals surface area contributed by atoms with Gasteiger partial charge in [0.25, 0.3) is 0 Å². The van der Waals surface area contributed by atoms with E-state index >= 15 is 0 Å². The second-order valence-electron chi connectivity index (χ2n) is 19.8. The summed E-state index contributed by atoms with van der Waals surface area (Å²) in [5.41, 5.74) is 0. The number of amides is 6. The molecule has 0 unspecified atom stereocenters. The topological polar surface area (TPSA) is 460 Å². The predicted octanol–water partition coefficient (Wildman–Crippen LogP) is -1.63. The maximum absolute atomic E-state index is 12.3.